The quantitative estimate of drug-likeness (QED) is 0.288. The Morgan fingerprint density at radius 3 is 1.82 bits per heavy atom. The molecule has 22 heavy (non-hydrogen) atoms. The van der Waals surface area contributed by atoms with Crippen LogP contribution in [0.3, 0.4) is 0 Å². The number of hydrogen-bond acceptors (Lipinski definition) is 0. The molecule has 0 saturated heterocycles. The third-order valence-electron chi connectivity index (χ3n) is 4.75. The minimum absolute atomic E-state index is 0.704. The molecular formula is C20H39N2+. The average Bonchev–Trinajstić information content (AvgIpc) is 3.06. The standard InChI is InChI=1S/C20H38N2/c1-3-5-6-7-8-9-10-11-12-13-14-16-20(15-4-2)22-18-17-21-19-22/h17-20H,3-16H2,1-2H3/p+1. The van der Waals surface area contributed by atoms with E-state index in [4.69, 9.17) is 0 Å². The van der Waals surface area contributed by atoms with Crippen molar-refractivity contribution in [3.63, 3.8) is 0 Å². The van der Waals surface area contributed by atoms with Crippen LogP contribution >= 0.6 is 0 Å². The first-order chi connectivity index (χ1) is 10.9. The van der Waals surface area contributed by atoms with Crippen LogP contribution in [0.5, 0.6) is 0 Å². The van der Waals surface area contributed by atoms with Gasteiger partial charge in [0.1, 0.15) is 18.4 Å². The summed E-state index contributed by atoms with van der Waals surface area (Å²) in [5.74, 6) is 0. The van der Waals surface area contributed by atoms with Gasteiger partial charge in [-0.05, 0) is 19.3 Å². The molecule has 1 rings (SSSR count). The molecule has 1 unspecified atom stereocenters. The predicted octanol–water partition coefficient (Wildman–Crippen LogP) is 6.34. The largest absolute Gasteiger partial charge is 0.250 e. The van der Waals surface area contributed by atoms with Gasteiger partial charge < -0.3 is 0 Å². The highest BCUT2D eigenvalue weighted by Crippen LogP contribution is 2.17. The Morgan fingerprint density at radius 2 is 1.32 bits per heavy atom. The molecule has 0 aliphatic carbocycles. The van der Waals surface area contributed by atoms with Crippen molar-refractivity contribution < 1.29 is 4.57 Å². The van der Waals surface area contributed by atoms with E-state index in [1.54, 1.807) is 0 Å². The molecule has 0 spiro atoms. The highest BCUT2D eigenvalue weighted by molar-refractivity contribution is 4.61. The van der Waals surface area contributed by atoms with Gasteiger partial charge in [-0.1, -0.05) is 84.5 Å². The number of unbranched alkanes of at least 4 members (excludes halogenated alkanes) is 10. The molecule has 2 nitrogen and oxygen atoms in total. The summed E-state index contributed by atoms with van der Waals surface area (Å²) in [6, 6.07) is 0.704. The smallest absolute Gasteiger partial charge is 0.241 e. The Kier molecular flexibility index (Phi) is 12.1. The number of nitrogens with one attached hydrogen (secondary N) is 1. The summed E-state index contributed by atoms with van der Waals surface area (Å²) in [5.41, 5.74) is 0. The minimum atomic E-state index is 0.704. The molecule has 1 aromatic heterocycles. The van der Waals surface area contributed by atoms with Gasteiger partial charge in [0, 0.05) is 0 Å². The van der Waals surface area contributed by atoms with E-state index in [9.17, 15) is 0 Å². The molecule has 1 atom stereocenters. The SMILES string of the molecule is CCCCCCCCCCCCCC(CCC)[n+]1cc[nH]c1. The summed E-state index contributed by atoms with van der Waals surface area (Å²) in [6.45, 7) is 4.58. The van der Waals surface area contributed by atoms with Crippen LogP contribution in [0.4, 0.5) is 0 Å². The van der Waals surface area contributed by atoms with Crippen LogP contribution in [0.25, 0.3) is 0 Å². The Morgan fingerprint density at radius 1 is 0.727 bits per heavy atom. The zero-order valence-electron chi connectivity index (χ0n) is 15.2. The van der Waals surface area contributed by atoms with Gasteiger partial charge in [0.15, 0.2) is 0 Å². The molecule has 0 aliphatic heterocycles. The summed E-state index contributed by atoms with van der Waals surface area (Å²) in [5, 5.41) is 0. The number of imidazole rings is 1. The van der Waals surface area contributed by atoms with Crippen molar-refractivity contribution in [3.8, 4) is 0 Å². The summed E-state index contributed by atoms with van der Waals surface area (Å²) in [4.78, 5) is 3.17. The van der Waals surface area contributed by atoms with Crippen LogP contribution in [-0.2, 0) is 0 Å². The second kappa shape index (κ2) is 13.8. The summed E-state index contributed by atoms with van der Waals surface area (Å²) in [7, 11) is 0. The molecule has 0 fully saturated rings. The van der Waals surface area contributed by atoms with Crippen molar-refractivity contribution in [1.29, 1.82) is 0 Å². The van der Waals surface area contributed by atoms with Crippen LogP contribution in [-0.4, -0.2) is 4.98 Å². The van der Waals surface area contributed by atoms with Crippen molar-refractivity contribution in [2.45, 2.75) is 110 Å². The molecule has 1 aromatic rings. The number of hydrogen-bond donors (Lipinski definition) is 1. The van der Waals surface area contributed by atoms with E-state index in [-0.39, 0.29) is 0 Å². The summed E-state index contributed by atoms with van der Waals surface area (Å²) >= 11 is 0. The maximum Gasteiger partial charge on any atom is 0.241 e. The lowest BCUT2D eigenvalue weighted by Gasteiger charge is -2.12. The maximum absolute atomic E-state index is 3.17. The van der Waals surface area contributed by atoms with Crippen LogP contribution in [0.2, 0.25) is 0 Å². The van der Waals surface area contributed by atoms with Gasteiger partial charge in [0.05, 0.1) is 0 Å². The number of H-pyrrole nitrogens is 1. The van der Waals surface area contributed by atoms with E-state index in [0.717, 1.165) is 0 Å². The Balaban J connectivity index is 1.93. The Bertz CT molecular complexity index is 318. The lowest BCUT2D eigenvalue weighted by molar-refractivity contribution is -0.723. The van der Waals surface area contributed by atoms with Crippen LogP contribution < -0.4 is 4.57 Å². The molecule has 0 saturated carbocycles. The molecule has 0 aliphatic rings. The first kappa shape index (κ1) is 19.3. The highest BCUT2D eigenvalue weighted by Gasteiger charge is 2.13. The van der Waals surface area contributed by atoms with Crippen molar-refractivity contribution in [2.24, 2.45) is 0 Å². The first-order valence-electron chi connectivity index (χ1n) is 9.92. The number of aromatic nitrogens is 2. The molecule has 128 valence electrons. The van der Waals surface area contributed by atoms with E-state index in [0.29, 0.717) is 6.04 Å². The molecule has 0 bridgehead atoms. The first-order valence-corrected chi connectivity index (χ1v) is 9.92. The Labute approximate surface area is 138 Å². The molecule has 0 radical (unpaired) electrons. The topological polar surface area (TPSA) is 19.7 Å². The number of rotatable bonds is 15. The van der Waals surface area contributed by atoms with E-state index in [1.165, 1.54) is 89.9 Å². The van der Waals surface area contributed by atoms with E-state index < -0.39 is 0 Å². The summed E-state index contributed by atoms with van der Waals surface area (Å²) in [6.07, 6.45) is 26.0. The van der Waals surface area contributed by atoms with Crippen molar-refractivity contribution >= 4 is 0 Å². The van der Waals surface area contributed by atoms with Gasteiger partial charge in [-0.3, -0.25) is 4.98 Å². The average molecular weight is 308 g/mol. The van der Waals surface area contributed by atoms with Gasteiger partial charge in [-0.2, -0.15) is 0 Å². The van der Waals surface area contributed by atoms with Crippen molar-refractivity contribution in [1.82, 2.24) is 4.98 Å². The van der Waals surface area contributed by atoms with Gasteiger partial charge in [0.2, 0.25) is 6.33 Å². The Hall–Kier alpha value is -0.790. The van der Waals surface area contributed by atoms with E-state index in [1.807, 2.05) is 6.20 Å². The molecule has 1 heterocycles. The molecule has 2 heteroatoms. The van der Waals surface area contributed by atoms with Crippen LogP contribution in [0.1, 0.15) is 110 Å². The van der Waals surface area contributed by atoms with Crippen molar-refractivity contribution in [3.05, 3.63) is 18.7 Å². The zero-order valence-corrected chi connectivity index (χ0v) is 15.2. The van der Waals surface area contributed by atoms with E-state index >= 15 is 0 Å². The van der Waals surface area contributed by atoms with Gasteiger partial charge in [-0.15, -0.1) is 0 Å². The fourth-order valence-electron chi connectivity index (χ4n) is 3.35. The van der Waals surface area contributed by atoms with Gasteiger partial charge in [-0.25, -0.2) is 4.57 Å². The van der Waals surface area contributed by atoms with Gasteiger partial charge >= 0.3 is 0 Å². The normalized spacial score (nSPS) is 12.6. The highest BCUT2D eigenvalue weighted by atomic mass is 15.0. The lowest BCUT2D eigenvalue weighted by atomic mass is 10.0. The predicted molar refractivity (Wildman–Crippen MR) is 96.0 cm³/mol. The molecule has 1 N–H and O–H groups in total. The molecule has 0 amide bonds. The van der Waals surface area contributed by atoms with E-state index in [2.05, 4.69) is 35.9 Å². The molecular weight excluding hydrogens is 268 g/mol. The number of nitrogens with zero attached hydrogens (tertiary/aromatic N) is 1. The van der Waals surface area contributed by atoms with Gasteiger partial charge in [0.25, 0.3) is 0 Å². The maximum atomic E-state index is 3.17. The van der Waals surface area contributed by atoms with Crippen LogP contribution in [0, 0.1) is 0 Å². The lowest BCUT2D eigenvalue weighted by Crippen LogP contribution is -2.36. The second-order valence-corrected chi connectivity index (χ2v) is 6.83. The minimum Gasteiger partial charge on any atom is -0.250 e. The third-order valence-corrected chi connectivity index (χ3v) is 4.75. The number of aromatic amines is 1. The third kappa shape index (κ3) is 9.27. The fourth-order valence-corrected chi connectivity index (χ4v) is 3.35. The van der Waals surface area contributed by atoms with Crippen LogP contribution in [0.15, 0.2) is 18.7 Å². The van der Waals surface area contributed by atoms with Crippen molar-refractivity contribution in [2.75, 3.05) is 0 Å². The molecule has 0 aromatic carbocycles. The zero-order chi connectivity index (χ0) is 15.9. The second-order valence-electron chi connectivity index (χ2n) is 6.83. The monoisotopic (exact) mass is 307 g/mol. The summed E-state index contributed by atoms with van der Waals surface area (Å²) < 4.78 is 2.36. The fraction of sp³-hybridized carbons (Fsp3) is 0.850.